The number of benzene rings is 2. The van der Waals surface area contributed by atoms with E-state index in [1.54, 1.807) is 0 Å². The molecule has 1 saturated heterocycles. The van der Waals surface area contributed by atoms with Crippen LogP contribution in [0, 0.1) is 0 Å². The number of rotatable bonds is 2. The van der Waals surface area contributed by atoms with Gasteiger partial charge >= 0.3 is 0 Å². The van der Waals surface area contributed by atoms with Gasteiger partial charge in [-0.15, -0.1) is 0 Å². The number of hydrogen-bond donors (Lipinski definition) is 0. The molecule has 2 aromatic carbocycles. The van der Waals surface area contributed by atoms with Crippen molar-refractivity contribution in [3.63, 3.8) is 0 Å². The summed E-state index contributed by atoms with van der Waals surface area (Å²) < 4.78 is 11.5. The highest BCUT2D eigenvalue weighted by Crippen LogP contribution is 2.32. The van der Waals surface area contributed by atoms with E-state index in [-0.39, 0.29) is 12.5 Å². The van der Waals surface area contributed by atoms with E-state index in [1.165, 1.54) is 5.56 Å². The standard InChI is InChI=1S/C20H21NO3/c22-20(19-14-23-17-8-4-5-9-18(17)24-19)21-12-10-16(11-13-21)15-6-2-1-3-7-15/h1-9,16,19H,10-14H2. The van der Waals surface area contributed by atoms with Crippen molar-refractivity contribution < 1.29 is 14.3 Å². The number of amides is 1. The molecule has 1 amide bonds. The molecule has 0 radical (unpaired) electrons. The minimum absolute atomic E-state index is 0.0380. The Labute approximate surface area is 142 Å². The predicted octanol–water partition coefficient (Wildman–Crippen LogP) is 3.23. The molecule has 2 aromatic rings. The molecule has 2 aliphatic rings. The van der Waals surface area contributed by atoms with Crippen LogP contribution in [-0.4, -0.2) is 36.6 Å². The molecule has 0 aliphatic carbocycles. The van der Waals surface area contributed by atoms with Crippen LogP contribution >= 0.6 is 0 Å². The van der Waals surface area contributed by atoms with Gasteiger partial charge in [-0.2, -0.15) is 0 Å². The smallest absolute Gasteiger partial charge is 0.267 e. The third-order valence-corrected chi connectivity index (χ3v) is 4.86. The second kappa shape index (κ2) is 6.56. The Morgan fingerprint density at radius 2 is 1.58 bits per heavy atom. The van der Waals surface area contributed by atoms with E-state index < -0.39 is 6.10 Å². The predicted molar refractivity (Wildman–Crippen MR) is 91.4 cm³/mol. The second-order valence-corrected chi connectivity index (χ2v) is 6.37. The van der Waals surface area contributed by atoms with Gasteiger partial charge in [0.25, 0.3) is 5.91 Å². The van der Waals surface area contributed by atoms with Gasteiger partial charge in [0.05, 0.1) is 0 Å². The van der Waals surface area contributed by atoms with E-state index in [1.807, 2.05) is 35.2 Å². The molecule has 0 bridgehead atoms. The number of para-hydroxylation sites is 2. The fourth-order valence-electron chi connectivity index (χ4n) is 3.50. The monoisotopic (exact) mass is 323 g/mol. The van der Waals surface area contributed by atoms with Crippen LogP contribution in [-0.2, 0) is 4.79 Å². The Morgan fingerprint density at radius 3 is 2.33 bits per heavy atom. The first-order valence-electron chi connectivity index (χ1n) is 8.53. The topological polar surface area (TPSA) is 38.8 Å². The molecule has 4 rings (SSSR count). The highest BCUT2D eigenvalue weighted by Gasteiger charge is 2.33. The van der Waals surface area contributed by atoms with Crippen LogP contribution in [0.5, 0.6) is 11.5 Å². The summed E-state index contributed by atoms with van der Waals surface area (Å²) in [7, 11) is 0. The molecule has 124 valence electrons. The Hall–Kier alpha value is -2.49. The van der Waals surface area contributed by atoms with Crippen molar-refractivity contribution in [2.45, 2.75) is 24.9 Å². The lowest BCUT2D eigenvalue weighted by atomic mass is 9.89. The molecule has 1 fully saturated rings. The quantitative estimate of drug-likeness (QED) is 0.852. The van der Waals surface area contributed by atoms with Gasteiger partial charge in [-0.1, -0.05) is 42.5 Å². The number of fused-ring (bicyclic) bond motifs is 1. The molecule has 24 heavy (non-hydrogen) atoms. The Bertz CT molecular complexity index is 708. The Kier molecular flexibility index (Phi) is 4.11. The second-order valence-electron chi connectivity index (χ2n) is 6.37. The fourth-order valence-corrected chi connectivity index (χ4v) is 3.50. The maximum Gasteiger partial charge on any atom is 0.267 e. The lowest BCUT2D eigenvalue weighted by molar-refractivity contribution is -0.142. The first-order valence-corrected chi connectivity index (χ1v) is 8.53. The summed E-state index contributed by atoms with van der Waals surface area (Å²) in [6, 6.07) is 18.1. The van der Waals surface area contributed by atoms with E-state index in [0.717, 1.165) is 25.9 Å². The van der Waals surface area contributed by atoms with Crippen LogP contribution in [0.3, 0.4) is 0 Å². The molecular weight excluding hydrogens is 302 g/mol. The van der Waals surface area contributed by atoms with Crippen LogP contribution in [0.25, 0.3) is 0 Å². The minimum atomic E-state index is -0.534. The molecule has 0 aromatic heterocycles. The first kappa shape index (κ1) is 15.1. The van der Waals surface area contributed by atoms with Gasteiger partial charge in [0, 0.05) is 13.1 Å². The number of piperidine rings is 1. The van der Waals surface area contributed by atoms with Crippen molar-refractivity contribution in [1.82, 2.24) is 4.90 Å². The third kappa shape index (κ3) is 2.96. The molecular formula is C20H21NO3. The molecule has 0 saturated carbocycles. The number of ether oxygens (including phenoxy) is 2. The summed E-state index contributed by atoms with van der Waals surface area (Å²) in [5, 5.41) is 0. The van der Waals surface area contributed by atoms with Crippen LogP contribution in [0.15, 0.2) is 54.6 Å². The largest absolute Gasteiger partial charge is 0.485 e. The van der Waals surface area contributed by atoms with Gasteiger partial charge in [-0.25, -0.2) is 0 Å². The molecule has 0 N–H and O–H groups in total. The highest BCUT2D eigenvalue weighted by atomic mass is 16.6. The molecule has 1 atom stereocenters. The number of carbonyl (C=O) groups is 1. The third-order valence-electron chi connectivity index (χ3n) is 4.86. The van der Waals surface area contributed by atoms with Gasteiger partial charge in [0.2, 0.25) is 6.10 Å². The van der Waals surface area contributed by atoms with Crippen molar-refractivity contribution in [1.29, 1.82) is 0 Å². The fraction of sp³-hybridized carbons (Fsp3) is 0.350. The van der Waals surface area contributed by atoms with Gasteiger partial charge in [0.1, 0.15) is 6.61 Å². The number of nitrogens with zero attached hydrogens (tertiary/aromatic N) is 1. The maximum absolute atomic E-state index is 12.7. The summed E-state index contributed by atoms with van der Waals surface area (Å²) >= 11 is 0. The Balaban J connectivity index is 1.37. The normalized spacial score (nSPS) is 20.7. The zero-order valence-corrected chi connectivity index (χ0v) is 13.6. The zero-order valence-electron chi connectivity index (χ0n) is 13.6. The number of carbonyl (C=O) groups excluding carboxylic acids is 1. The van der Waals surface area contributed by atoms with Crippen molar-refractivity contribution >= 4 is 5.91 Å². The lowest BCUT2D eigenvalue weighted by Gasteiger charge is -2.35. The number of hydrogen-bond acceptors (Lipinski definition) is 3. The SMILES string of the molecule is O=C(C1COc2ccccc2O1)N1CCC(c2ccccc2)CC1. The van der Waals surface area contributed by atoms with E-state index >= 15 is 0 Å². The van der Waals surface area contributed by atoms with Crippen LogP contribution in [0.1, 0.15) is 24.3 Å². The van der Waals surface area contributed by atoms with E-state index in [4.69, 9.17) is 9.47 Å². The van der Waals surface area contributed by atoms with Crippen molar-refractivity contribution in [2.75, 3.05) is 19.7 Å². The van der Waals surface area contributed by atoms with Crippen LogP contribution < -0.4 is 9.47 Å². The average Bonchev–Trinajstić information content (AvgIpc) is 2.68. The van der Waals surface area contributed by atoms with Gasteiger partial charge in [-0.05, 0) is 36.5 Å². The van der Waals surface area contributed by atoms with Crippen molar-refractivity contribution in [3.05, 3.63) is 60.2 Å². The number of likely N-dealkylation sites (tertiary alicyclic amines) is 1. The van der Waals surface area contributed by atoms with Gasteiger partial charge < -0.3 is 14.4 Å². The van der Waals surface area contributed by atoms with Gasteiger partial charge in [0.15, 0.2) is 11.5 Å². The molecule has 0 spiro atoms. The van der Waals surface area contributed by atoms with E-state index in [9.17, 15) is 4.79 Å². The summed E-state index contributed by atoms with van der Waals surface area (Å²) in [6.45, 7) is 1.84. The molecule has 4 nitrogen and oxygen atoms in total. The van der Waals surface area contributed by atoms with E-state index in [2.05, 4.69) is 24.3 Å². The molecule has 2 heterocycles. The average molecular weight is 323 g/mol. The molecule has 1 unspecified atom stereocenters. The lowest BCUT2D eigenvalue weighted by Crippen LogP contribution is -2.48. The van der Waals surface area contributed by atoms with E-state index in [0.29, 0.717) is 17.4 Å². The van der Waals surface area contributed by atoms with Crippen molar-refractivity contribution in [3.8, 4) is 11.5 Å². The summed E-state index contributed by atoms with van der Waals surface area (Å²) in [4.78, 5) is 14.6. The minimum Gasteiger partial charge on any atom is -0.485 e. The maximum atomic E-state index is 12.7. The highest BCUT2D eigenvalue weighted by molar-refractivity contribution is 5.82. The van der Waals surface area contributed by atoms with Crippen molar-refractivity contribution in [2.24, 2.45) is 0 Å². The summed E-state index contributed by atoms with van der Waals surface area (Å²) in [6.07, 6.45) is 1.47. The molecule has 4 heteroatoms. The van der Waals surface area contributed by atoms with Gasteiger partial charge in [-0.3, -0.25) is 4.79 Å². The summed E-state index contributed by atoms with van der Waals surface area (Å²) in [5.41, 5.74) is 1.37. The molecule has 2 aliphatic heterocycles. The van der Waals surface area contributed by atoms with Crippen LogP contribution in [0.4, 0.5) is 0 Å². The first-order chi connectivity index (χ1) is 11.8. The zero-order chi connectivity index (χ0) is 16.4. The van der Waals surface area contributed by atoms with Crippen LogP contribution in [0.2, 0.25) is 0 Å². The Morgan fingerprint density at radius 1 is 0.917 bits per heavy atom. The summed E-state index contributed by atoms with van der Waals surface area (Å²) in [5.74, 6) is 1.95.